The monoisotopic (exact) mass is 390 g/mol. The number of aromatic nitrogens is 4. The Kier molecular flexibility index (Phi) is 6.84. The predicted octanol–water partition coefficient (Wildman–Crippen LogP) is 2.57. The van der Waals surface area contributed by atoms with Gasteiger partial charge in [0.05, 0.1) is 0 Å². The largest absolute Gasteiger partial charge is 0.359 e. The highest BCUT2D eigenvalue weighted by molar-refractivity contribution is 5.92. The maximum absolute atomic E-state index is 12.9. The van der Waals surface area contributed by atoms with Gasteiger partial charge in [0.1, 0.15) is 17.3 Å². The highest BCUT2D eigenvalue weighted by Gasteiger charge is 2.16. The van der Waals surface area contributed by atoms with Gasteiger partial charge in [-0.1, -0.05) is 0 Å². The number of anilines is 1. The van der Waals surface area contributed by atoms with Crippen LogP contribution in [0, 0.1) is 6.92 Å². The normalized spacial score (nSPS) is 10.6. The zero-order chi connectivity index (χ0) is 20.6. The zero-order valence-electron chi connectivity index (χ0n) is 17.1. The summed E-state index contributed by atoms with van der Waals surface area (Å²) in [6.45, 7) is 3.21. The number of carbonyl (C=O) groups is 1. The first-order valence-corrected chi connectivity index (χ1v) is 9.63. The molecule has 0 unspecified atom stereocenters. The summed E-state index contributed by atoms with van der Waals surface area (Å²) in [5.41, 5.74) is 2.78. The second-order valence-electron chi connectivity index (χ2n) is 7.02. The highest BCUT2D eigenvalue weighted by atomic mass is 16.2. The van der Waals surface area contributed by atoms with E-state index in [9.17, 15) is 4.79 Å². The van der Waals surface area contributed by atoms with E-state index < -0.39 is 0 Å². The Balaban J connectivity index is 1.64. The molecule has 7 heteroatoms. The Hall–Kier alpha value is -3.35. The number of aryl methyl sites for hydroxylation is 1. The maximum Gasteiger partial charge on any atom is 0.272 e. The third kappa shape index (κ3) is 5.81. The molecule has 0 saturated heterocycles. The molecule has 29 heavy (non-hydrogen) atoms. The molecule has 1 amide bonds. The lowest BCUT2D eigenvalue weighted by Crippen LogP contribution is -2.30. The van der Waals surface area contributed by atoms with Gasteiger partial charge < -0.3 is 9.80 Å². The van der Waals surface area contributed by atoms with Crippen LogP contribution >= 0.6 is 0 Å². The Morgan fingerprint density at radius 3 is 2.00 bits per heavy atom. The minimum absolute atomic E-state index is 0.103. The van der Waals surface area contributed by atoms with Gasteiger partial charge in [0.25, 0.3) is 5.91 Å². The number of carbonyl (C=O) groups excluding carboxylic acids is 1. The van der Waals surface area contributed by atoms with Crippen LogP contribution in [0.15, 0.2) is 55.1 Å². The van der Waals surface area contributed by atoms with Crippen molar-refractivity contribution in [3.05, 3.63) is 77.8 Å². The lowest BCUT2D eigenvalue weighted by molar-refractivity contribution is 0.0790. The smallest absolute Gasteiger partial charge is 0.272 e. The molecule has 0 aliphatic heterocycles. The van der Waals surface area contributed by atoms with Crippen molar-refractivity contribution in [2.24, 2.45) is 0 Å². The lowest BCUT2D eigenvalue weighted by atomic mass is 10.2. The van der Waals surface area contributed by atoms with Gasteiger partial charge in [0.2, 0.25) is 0 Å². The molecule has 0 aliphatic rings. The summed E-state index contributed by atoms with van der Waals surface area (Å²) in [6.07, 6.45) is 8.76. The summed E-state index contributed by atoms with van der Waals surface area (Å²) in [7, 11) is 3.78. The van der Waals surface area contributed by atoms with Gasteiger partial charge in [-0.3, -0.25) is 14.8 Å². The van der Waals surface area contributed by atoms with E-state index in [-0.39, 0.29) is 5.91 Å². The minimum atomic E-state index is -0.103. The molecule has 3 rings (SSSR count). The van der Waals surface area contributed by atoms with Crippen LogP contribution in [0.2, 0.25) is 0 Å². The van der Waals surface area contributed by atoms with E-state index in [4.69, 9.17) is 0 Å². The van der Waals surface area contributed by atoms with Gasteiger partial charge in [0.15, 0.2) is 0 Å². The van der Waals surface area contributed by atoms with Crippen LogP contribution in [-0.2, 0) is 12.8 Å². The number of nitrogens with zero attached hydrogens (tertiary/aromatic N) is 6. The number of pyridine rings is 2. The van der Waals surface area contributed by atoms with Crippen molar-refractivity contribution in [1.82, 2.24) is 24.8 Å². The molecule has 0 fully saturated rings. The first-order chi connectivity index (χ1) is 14.0. The van der Waals surface area contributed by atoms with Crippen molar-refractivity contribution in [3.8, 4) is 0 Å². The lowest BCUT2D eigenvalue weighted by Gasteiger charge is -2.21. The number of amides is 1. The summed E-state index contributed by atoms with van der Waals surface area (Å²) in [6, 6.07) is 9.70. The van der Waals surface area contributed by atoms with Gasteiger partial charge >= 0.3 is 0 Å². The second kappa shape index (κ2) is 9.73. The van der Waals surface area contributed by atoms with Crippen LogP contribution in [0.25, 0.3) is 0 Å². The molecule has 0 bridgehead atoms. The topological polar surface area (TPSA) is 75.1 Å². The van der Waals surface area contributed by atoms with Gasteiger partial charge in [-0.2, -0.15) is 0 Å². The van der Waals surface area contributed by atoms with Crippen LogP contribution in [0.3, 0.4) is 0 Å². The molecular formula is C22H26N6O. The molecule has 0 spiro atoms. The molecule has 0 saturated carbocycles. The summed E-state index contributed by atoms with van der Waals surface area (Å²) >= 11 is 0. The molecule has 7 nitrogen and oxygen atoms in total. The van der Waals surface area contributed by atoms with Crippen molar-refractivity contribution in [1.29, 1.82) is 0 Å². The van der Waals surface area contributed by atoms with Crippen LogP contribution in [-0.4, -0.2) is 57.9 Å². The Labute approximate surface area is 171 Å². The molecule has 0 aliphatic carbocycles. The first-order valence-electron chi connectivity index (χ1n) is 9.63. The van der Waals surface area contributed by atoms with Crippen LogP contribution in [0.4, 0.5) is 5.82 Å². The van der Waals surface area contributed by atoms with Crippen molar-refractivity contribution in [2.75, 3.05) is 32.1 Å². The molecule has 0 aromatic carbocycles. The van der Waals surface area contributed by atoms with Gasteiger partial charge in [0, 0.05) is 58.0 Å². The Morgan fingerprint density at radius 1 is 0.862 bits per heavy atom. The summed E-state index contributed by atoms with van der Waals surface area (Å²) in [4.78, 5) is 33.5. The van der Waals surface area contributed by atoms with Crippen molar-refractivity contribution in [3.63, 3.8) is 0 Å². The van der Waals surface area contributed by atoms with E-state index in [0.29, 0.717) is 18.1 Å². The van der Waals surface area contributed by atoms with E-state index in [1.807, 2.05) is 43.1 Å². The number of hydrogen-bond donors (Lipinski definition) is 0. The van der Waals surface area contributed by atoms with Crippen LogP contribution < -0.4 is 4.90 Å². The minimum Gasteiger partial charge on any atom is -0.359 e. The zero-order valence-corrected chi connectivity index (χ0v) is 17.1. The Bertz CT molecular complexity index is 933. The predicted molar refractivity (Wildman–Crippen MR) is 113 cm³/mol. The van der Waals surface area contributed by atoms with E-state index >= 15 is 0 Å². The number of hydrogen-bond acceptors (Lipinski definition) is 6. The van der Waals surface area contributed by atoms with Gasteiger partial charge in [-0.25, -0.2) is 9.97 Å². The fourth-order valence-corrected chi connectivity index (χ4v) is 2.96. The van der Waals surface area contributed by atoms with E-state index in [1.165, 1.54) is 5.56 Å². The molecular weight excluding hydrogens is 364 g/mol. The molecule has 3 heterocycles. The fraction of sp³-hybridized carbons (Fsp3) is 0.318. The molecule has 3 aromatic heterocycles. The first kappa shape index (κ1) is 20.4. The average molecular weight is 390 g/mol. The SMILES string of the molecule is Cc1nc(C(=O)N(C)CCc2ccncc2)cc(N(C)CCc2ccncc2)n1. The quantitative estimate of drug-likeness (QED) is 0.588. The maximum atomic E-state index is 12.9. The van der Waals surface area contributed by atoms with Gasteiger partial charge in [-0.15, -0.1) is 0 Å². The second-order valence-corrected chi connectivity index (χ2v) is 7.02. The highest BCUT2D eigenvalue weighted by Crippen LogP contribution is 2.14. The standard InChI is InChI=1S/C22H26N6O/c1-17-25-20(22(29)28(3)15-9-19-6-12-24-13-7-19)16-21(26-17)27(2)14-8-18-4-10-23-11-5-18/h4-7,10-13,16H,8-9,14-15H2,1-3H3. The molecule has 0 atom stereocenters. The third-order valence-corrected chi connectivity index (χ3v) is 4.75. The molecule has 3 aromatic rings. The van der Waals surface area contributed by atoms with Gasteiger partial charge in [-0.05, 0) is 55.2 Å². The molecule has 150 valence electrons. The van der Waals surface area contributed by atoms with E-state index in [2.05, 4.69) is 19.9 Å². The van der Waals surface area contributed by atoms with Crippen molar-refractivity contribution < 1.29 is 4.79 Å². The van der Waals surface area contributed by atoms with Crippen molar-refractivity contribution in [2.45, 2.75) is 19.8 Å². The van der Waals surface area contributed by atoms with Crippen LogP contribution in [0.1, 0.15) is 27.4 Å². The Morgan fingerprint density at radius 2 is 1.41 bits per heavy atom. The van der Waals surface area contributed by atoms with Crippen LogP contribution in [0.5, 0.6) is 0 Å². The molecule has 0 radical (unpaired) electrons. The summed E-state index contributed by atoms with van der Waals surface area (Å²) in [5.74, 6) is 1.23. The van der Waals surface area contributed by atoms with Crippen molar-refractivity contribution >= 4 is 11.7 Å². The van der Waals surface area contributed by atoms with E-state index in [1.54, 1.807) is 42.8 Å². The number of rotatable bonds is 8. The fourth-order valence-electron chi connectivity index (χ4n) is 2.96. The number of likely N-dealkylation sites (N-methyl/N-ethyl adjacent to an activating group) is 2. The summed E-state index contributed by atoms with van der Waals surface area (Å²) < 4.78 is 0. The third-order valence-electron chi connectivity index (χ3n) is 4.75. The molecule has 0 N–H and O–H groups in total. The summed E-state index contributed by atoms with van der Waals surface area (Å²) in [5, 5.41) is 0. The van der Waals surface area contributed by atoms with E-state index in [0.717, 1.165) is 30.8 Å². The average Bonchev–Trinajstić information content (AvgIpc) is 2.76.